The lowest BCUT2D eigenvalue weighted by Crippen LogP contribution is -1.98. The second kappa shape index (κ2) is 9.33. The zero-order valence-electron chi connectivity index (χ0n) is 23.1. The molecular weight excluding hydrogens is 524 g/mol. The Morgan fingerprint density at radius 2 is 1.16 bits per heavy atom. The first-order chi connectivity index (χ1) is 21.3. The summed E-state index contributed by atoms with van der Waals surface area (Å²) in [6.07, 6.45) is 1.79. The SMILES string of the molecule is c1ccc2cc3c(cc2c1)c1ccccc1n3-c1ccc(-c2nc(-c3cccc4ccccc34)c3cccnc3n2)cc1. The van der Waals surface area contributed by atoms with Crippen molar-refractivity contribution in [1.29, 1.82) is 0 Å². The molecule has 0 saturated carbocycles. The van der Waals surface area contributed by atoms with Gasteiger partial charge in [-0.25, -0.2) is 15.0 Å². The third kappa shape index (κ3) is 3.74. The van der Waals surface area contributed by atoms with E-state index >= 15 is 0 Å². The zero-order chi connectivity index (χ0) is 28.3. The summed E-state index contributed by atoms with van der Waals surface area (Å²) in [5, 5.41) is 8.26. The number of benzene rings is 6. The minimum absolute atomic E-state index is 0.661. The molecule has 0 spiro atoms. The molecule has 3 heterocycles. The molecule has 200 valence electrons. The van der Waals surface area contributed by atoms with Crippen LogP contribution in [-0.4, -0.2) is 19.5 Å². The molecule has 0 atom stereocenters. The number of rotatable bonds is 3. The van der Waals surface area contributed by atoms with Crippen LogP contribution in [0, 0.1) is 0 Å². The lowest BCUT2D eigenvalue weighted by atomic mass is 10.00. The average molecular weight is 549 g/mol. The molecule has 4 heteroatoms. The van der Waals surface area contributed by atoms with E-state index in [-0.39, 0.29) is 0 Å². The van der Waals surface area contributed by atoms with Crippen LogP contribution in [0.5, 0.6) is 0 Å². The van der Waals surface area contributed by atoms with Crippen molar-refractivity contribution < 1.29 is 0 Å². The largest absolute Gasteiger partial charge is 0.309 e. The van der Waals surface area contributed by atoms with Gasteiger partial charge in [-0.05, 0) is 76.1 Å². The van der Waals surface area contributed by atoms with Gasteiger partial charge in [-0.2, -0.15) is 0 Å². The van der Waals surface area contributed by atoms with Gasteiger partial charge in [0.25, 0.3) is 0 Å². The second-order valence-corrected chi connectivity index (χ2v) is 10.9. The molecule has 3 aromatic heterocycles. The molecule has 0 N–H and O–H groups in total. The van der Waals surface area contributed by atoms with E-state index in [9.17, 15) is 0 Å². The molecule has 0 bridgehead atoms. The summed E-state index contributed by atoms with van der Waals surface area (Å²) in [6.45, 7) is 0. The predicted octanol–water partition coefficient (Wildman–Crippen LogP) is 9.76. The standard InChI is InChI=1S/C39H24N4/c1-2-11-28-24-36-34(23-27(28)10-1)31-14-5-6-17-35(31)43(36)29-20-18-26(19-21-29)38-41-37(33-16-8-22-40-39(33)42-38)32-15-7-12-25-9-3-4-13-30(25)32/h1-24H. The van der Waals surface area contributed by atoms with Crippen LogP contribution in [0.4, 0.5) is 0 Å². The molecule has 6 aromatic carbocycles. The Hall–Kier alpha value is -5.87. The van der Waals surface area contributed by atoms with Crippen LogP contribution >= 0.6 is 0 Å². The second-order valence-electron chi connectivity index (χ2n) is 10.9. The van der Waals surface area contributed by atoms with Gasteiger partial charge in [0.15, 0.2) is 11.5 Å². The molecule has 0 saturated heterocycles. The summed E-state index contributed by atoms with van der Waals surface area (Å²) >= 11 is 0. The van der Waals surface area contributed by atoms with E-state index in [1.807, 2.05) is 6.07 Å². The smallest absolute Gasteiger partial charge is 0.163 e. The van der Waals surface area contributed by atoms with Crippen LogP contribution in [0.3, 0.4) is 0 Å². The fourth-order valence-corrected chi connectivity index (χ4v) is 6.42. The zero-order valence-corrected chi connectivity index (χ0v) is 23.1. The maximum absolute atomic E-state index is 5.16. The normalized spacial score (nSPS) is 11.7. The van der Waals surface area contributed by atoms with Gasteiger partial charge in [0.05, 0.1) is 16.7 Å². The highest BCUT2D eigenvalue weighted by Crippen LogP contribution is 2.36. The van der Waals surface area contributed by atoms with Crippen molar-refractivity contribution in [3.05, 3.63) is 146 Å². The molecular formula is C39H24N4. The van der Waals surface area contributed by atoms with E-state index in [0.29, 0.717) is 11.5 Å². The molecule has 9 rings (SSSR count). The summed E-state index contributed by atoms with van der Waals surface area (Å²) in [6, 6.07) is 49.2. The Morgan fingerprint density at radius 1 is 0.465 bits per heavy atom. The summed E-state index contributed by atoms with van der Waals surface area (Å²) in [5.41, 5.74) is 7.08. The molecule has 0 fully saturated rings. The van der Waals surface area contributed by atoms with E-state index in [0.717, 1.165) is 33.3 Å². The maximum atomic E-state index is 5.16. The van der Waals surface area contributed by atoms with Crippen molar-refractivity contribution in [2.24, 2.45) is 0 Å². The monoisotopic (exact) mass is 548 g/mol. The minimum Gasteiger partial charge on any atom is -0.309 e. The maximum Gasteiger partial charge on any atom is 0.163 e. The lowest BCUT2D eigenvalue weighted by molar-refractivity contribution is 1.17. The number of aromatic nitrogens is 4. The molecule has 0 amide bonds. The van der Waals surface area contributed by atoms with Gasteiger partial charge in [0, 0.05) is 39.2 Å². The van der Waals surface area contributed by atoms with Crippen LogP contribution in [-0.2, 0) is 0 Å². The summed E-state index contributed by atoms with van der Waals surface area (Å²) in [4.78, 5) is 14.7. The van der Waals surface area contributed by atoms with Gasteiger partial charge in [-0.3, -0.25) is 0 Å². The fourth-order valence-electron chi connectivity index (χ4n) is 6.42. The van der Waals surface area contributed by atoms with E-state index in [1.54, 1.807) is 6.20 Å². The van der Waals surface area contributed by atoms with E-state index < -0.39 is 0 Å². The van der Waals surface area contributed by atoms with Crippen molar-refractivity contribution in [1.82, 2.24) is 19.5 Å². The topological polar surface area (TPSA) is 43.6 Å². The van der Waals surface area contributed by atoms with Crippen LogP contribution < -0.4 is 0 Å². The van der Waals surface area contributed by atoms with Crippen molar-refractivity contribution in [2.45, 2.75) is 0 Å². The molecule has 9 aromatic rings. The number of fused-ring (bicyclic) bond motifs is 6. The van der Waals surface area contributed by atoms with Gasteiger partial charge < -0.3 is 4.57 Å². The van der Waals surface area contributed by atoms with Crippen molar-refractivity contribution >= 4 is 54.4 Å². The van der Waals surface area contributed by atoms with Gasteiger partial charge in [-0.15, -0.1) is 0 Å². The lowest BCUT2D eigenvalue weighted by Gasteiger charge is -2.12. The summed E-state index contributed by atoms with van der Waals surface area (Å²) in [7, 11) is 0. The number of para-hydroxylation sites is 1. The predicted molar refractivity (Wildman–Crippen MR) is 178 cm³/mol. The first-order valence-corrected chi connectivity index (χ1v) is 14.5. The Balaban J connectivity index is 1.22. The van der Waals surface area contributed by atoms with Gasteiger partial charge in [-0.1, -0.05) is 84.9 Å². The van der Waals surface area contributed by atoms with Gasteiger partial charge in [0.2, 0.25) is 0 Å². The molecule has 0 unspecified atom stereocenters. The van der Waals surface area contributed by atoms with E-state index in [2.05, 4.69) is 143 Å². The first-order valence-electron chi connectivity index (χ1n) is 14.5. The number of pyridine rings is 1. The van der Waals surface area contributed by atoms with Crippen molar-refractivity contribution in [3.8, 4) is 28.3 Å². The van der Waals surface area contributed by atoms with Crippen molar-refractivity contribution in [3.63, 3.8) is 0 Å². The van der Waals surface area contributed by atoms with Crippen LogP contribution in [0.15, 0.2) is 146 Å². The number of nitrogens with zero attached hydrogens (tertiary/aromatic N) is 4. The quantitative estimate of drug-likeness (QED) is 0.221. The Labute approximate surface area is 247 Å². The number of hydrogen-bond donors (Lipinski definition) is 0. The summed E-state index contributed by atoms with van der Waals surface area (Å²) < 4.78 is 2.35. The van der Waals surface area contributed by atoms with Gasteiger partial charge >= 0.3 is 0 Å². The molecule has 0 radical (unpaired) electrons. The third-order valence-corrected chi connectivity index (χ3v) is 8.44. The minimum atomic E-state index is 0.661. The van der Waals surface area contributed by atoms with E-state index in [1.165, 1.54) is 38.0 Å². The van der Waals surface area contributed by atoms with Crippen LogP contribution in [0.1, 0.15) is 0 Å². The highest BCUT2D eigenvalue weighted by atomic mass is 15.0. The Bertz CT molecular complexity index is 2500. The van der Waals surface area contributed by atoms with Gasteiger partial charge in [0.1, 0.15) is 0 Å². The highest BCUT2D eigenvalue weighted by molar-refractivity contribution is 6.13. The average Bonchev–Trinajstić information content (AvgIpc) is 3.39. The number of hydrogen-bond acceptors (Lipinski definition) is 3. The Kier molecular flexibility index (Phi) is 5.16. The first kappa shape index (κ1) is 23.8. The highest BCUT2D eigenvalue weighted by Gasteiger charge is 2.16. The molecule has 43 heavy (non-hydrogen) atoms. The molecule has 0 aliphatic carbocycles. The van der Waals surface area contributed by atoms with Crippen molar-refractivity contribution in [2.75, 3.05) is 0 Å². The van der Waals surface area contributed by atoms with E-state index in [4.69, 9.17) is 9.97 Å². The molecule has 0 aliphatic heterocycles. The fraction of sp³-hybridized carbons (Fsp3) is 0. The third-order valence-electron chi connectivity index (χ3n) is 8.44. The van der Waals surface area contributed by atoms with Crippen LogP contribution in [0.25, 0.3) is 82.7 Å². The summed E-state index contributed by atoms with van der Waals surface area (Å²) in [5.74, 6) is 0.661. The Morgan fingerprint density at radius 3 is 2.02 bits per heavy atom. The van der Waals surface area contributed by atoms with Crippen LogP contribution in [0.2, 0.25) is 0 Å². The molecule has 4 nitrogen and oxygen atoms in total. The molecule has 0 aliphatic rings.